The highest BCUT2D eigenvalue weighted by atomic mass is 32.1. The number of benzene rings is 9. The van der Waals surface area contributed by atoms with Gasteiger partial charge in [0, 0.05) is 57.8 Å². The van der Waals surface area contributed by atoms with Gasteiger partial charge in [-0.15, -0.1) is 22.7 Å². The first-order valence-corrected chi connectivity index (χ1v) is 19.9. The van der Waals surface area contributed by atoms with Gasteiger partial charge in [-0.2, -0.15) is 0 Å². The molecule has 12 rings (SSSR count). The molecule has 0 saturated heterocycles. The van der Waals surface area contributed by atoms with Gasteiger partial charge in [0.25, 0.3) is 0 Å². The Morgan fingerprint density at radius 1 is 0.389 bits per heavy atom. The fourth-order valence-corrected chi connectivity index (χ4v) is 11.1. The second kappa shape index (κ2) is 11.5. The number of nitrogens with zero attached hydrogens (tertiary/aromatic N) is 1. The summed E-state index contributed by atoms with van der Waals surface area (Å²) >= 11 is 3.73. The van der Waals surface area contributed by atoms with Crippen LogP contribution in [0.1, 0.15) is 0 Å². The molecule has 0 fully saturated rings. The number of fused-ring (bicyclic) bond motifs is 13. The second-order valence-corrected chi connectivity index (χ2v) is 16.1. The number of furan rings is 1. The highest BCUT2D eigenvalue weighted by Gasteiger charge is 2.21. The predicted molar refractivity (Wildman–Crippen MR) is 235 cm³/mol. The quantitative estimate of drug-likeness (QED) is 0.168. The van der Waals surface area contributed by atoms with Gasteiger partial charge in [-0.05, 0) is 93.3 Å². The average Bonchev–Trinajstić information content (AvgIpc) is 3.92. The number of anilines is 3. The summed E-state index contributed by atoms with van der Waals surface area (Å²) in [6.45, 7) is 0. The molecule has 12 aromatic rings. The third-order valence-corrected chi connectivity index (χ3v) is 13.4. The van der Waals surface area contributed by atoms with Gasteiger partial charge in [-0.25, -0.2) is 0 Å². The summed E-state index contributed by atoms with van der Waals surface area (Å²) in [5, 5.41) is 12.6. The van der Waals surface area contributed by atoms with Gasteiger partial charge < -0.3 is 9.32 Å². The van der Waals surface area contributed by atoms with Gasteiger partial charge in [0.2, 0.25) is 0 Å². The average molecular weight is 724 g/mol. The van der Waals surface area contributed by atoms with E-state index in [1.165, 1.54) is 84.1 Å². The van der Waals surface area contributed by atoms with Crippen molar-refractivity contribution < 1.29 is 4.42 Å². The molecule has 3 heterocycles. The molecule has 3 aromatic heterocycles. The maximum absolute atomic E-state index is 6.33. The van der Waals surface area contributed by atoms with Crippen molar-refractivity contribution in [3.8, 4) is 11.1 Å². The van der Waals surface area contributed by atoms with Crippen LogP contribution in [0.4, 0.5) is 17.1 Å². The van der Waals surface area contributed by atoms with Gasteiger partial charge in [0.15, 0.2) is 0 Å². The molecule has 9 aromatic carbocycles. The van der Waals surface area contributed by atoms with Gasteiger partial charge in [-0.3, -0.25) is 0 Å². The molecule has 0 bridgehead atoms. The Morgan fingerprint density at radius 3 is 1.94 bits per heavy atom. The van der Waals surface area contributed by atoms with Crippen LogP contribution in [0, 0.1) is 0 Å². The van der Waals surface area contributed by atoms with E-state index in [4.69, 9.17) is 4.42 Å². The minimum Gasteiger partial charge on any atom is -0.456 e. The molecule has 0 amide bonds. The minimum atomic E-state index is 0.926. The van der Waals surface area contributed by atoms with Crippen molar-refractivity contribution >= 4 is 124 Å². The molecule has 0 aliphatic carbocycles. The van der Waals surface area contributed by atoms with Crippen LogP contribution in [0.3, 0.4) is 0 Å². The van der Waals surface area contributed by atoms with Crippen LogP contribution >= 0.6 is 22.7 Å². The number of hydrogen-bond donors (Lipinski definition) is 0. The lowest BCUT2D eigenvalue weighted by Crippen LogP contribution is -2.10. The molecule has 0 N–H and O–H groups in total. The molecule has 54 heavy (non-hydrogen) atoms. The molecular weight excluding hydrogens is 695 g/mol. The molecule has 4 heteroatoms. The molecule has 0 radical (unpaired) electrons. The summed E-state index contributed by atoms with van der Waals surface area (Å²) in [5.74, 6) is 0. The van der Waals surface area contributed by atoms with Crippen LogP contribution in [0.25, 0.3) is 95.0 Å². The summed E-state index contributed by atoms with van der Waals surface area (Å²) < 4.78 is 11.4. The zero-order valence-electron chi connectivity index (χ0n) is 28.9. The summed E-state index contributed by atoms with van der Waals surface area (Å²) in [4.78, 5) is 2.45. The normalized spacial score (nSPS) is 12.1. The standard InChI is InChI=1S/C50H29NOS2/c1-2-11-34-31(10-1)28-42(36-13-4-3-12-35(34)36)30-20-22-32(23-21-30)51(33-24-25-38-37-14-6-8-19-46(37)53-47(38)29-33)43-17-9-16-39-40-26-27-45-48(50(40)54-49(39)43)41-15-5-7-18-44(41)52-45/h1-29H. The lowest BCUT2D eigenvalue weighted by atomic mass is 9.93. The Kier molecular flexibility index (Phi) is 6.41. The lowest BCUT2D eigenvalue weighted by Gasteiger charge is -2.26. The number of thiophene rings is 2. The molecule has 2 nitrogen and oxygen atoms in total. The van der Waals surface area contributed by atoms with Crippen molar-refractivity contribution in [3.05, 3.63) is 176 Å². The highest BCUT2D eigenvalue weighted by Crippen LogP contribution is 2.49. The summed E-state index contributed by atoms with van der Waals surface area (Å²) in [6, 6.07) is 64.2. The van der Waals surface area contributed by atoms with E-state index >= 15 is 0 Å². The number of rotatable bonds is 4. The molecular formula is C50H29NOS2. The Morgan fingerprint density at radius 2 is 1.06 bits per heavy atom. The molecule has 0 atom stereocenters. The first kappa shape index (κ1) is 30.0. The highest BCUT2D eigenvalue weighted by molar-refractivity contribution is 7.27. The smallest absolute Gasteiger partial charge is 0.136 e. The van der Waals surface area contributed by atoms with E-state index < -0.39 is 0 Å². The zero-order chi connectivity index (χ0) is 35.3. The van der Waals surface area contributed by atoms with Crippen LogP contribution in [0.2, 0.25) is 0 Å². The molecule has 0 aliphatic rings. The van der Waals surface area contributed by atoms with E-state index in [2.05, 4.69) is 175 Å². The SMILES string of the molecule is c1ccc2c(c1)cc(-c1ccc(N(c3ccc4c(c3)sc3ccccc34)c3cccc4c3sc3c4ccc4oc5ccccc5c43)cc1)c1ccccc12. The Hall–Kier alpha value is -6.46. The van der Waals surface area contributed by atoms with Crippen molar-refractivity contribution in [1.29, 1.82) is 0 Å². The summed E-state index contributed by atoms with van der Waals surface area (Å²) in [7, 11) is 0. The largest absolute Gasteiger partial charge is 0.456 e. The fourth-order valence-electron chi connectivity index (χ4n) is 8.59. The van der Waals surface area contributed by atoms with Crippen molar-refractivity contribution in [2.45, 2.75) is 0 Å². The Bertz CT molecular complexity index is 3460. The van der Waals surface area contributed by atoms with E-state index in [1.807, 2.05) is 28.7 Å². The fraction of sp³-hybridized carbons (Fsp3) is 0. The van der Waals surface area contributed by atoms with E-state index in [1.54, 1.807) is 0 Å². The van der Waals surface area contributed by atoms with Gasteiger partial charge in [-0.1, -0.05) is 115 Å². The van der Waals surface area contributed by atoms with Gasteiger partial charge >= 0.3 is 0 Å². The molecule has 0 unspecified atom stereocenters. The van der Waals surface area contributed by atoms with Crippen LogP contribution < -0.4 is 4.90 Å². The predicted octanol–water partition coefficient (Wildman–Crippen LogP) is 15.8. The van der Waals surface area contributed by atoms with Crippen LogP contribution in [0.15, 0.2) is 180 Å². The van der Waals surface area contributed by atoms with Crippen LogP contribution in [0.5, 0.6) is 0 Å². The van der Waals surface area contributed by atoms with Crippen LogP contribution in [-0.4, -0.2) is 0 Å². The number of hydrogen-bond acceptors (Lipinski definition) is 4. The van der Waals surface area contributed by atoms with Crippen molar-refractivity contribution in [3.63, 3.8) is 0 Å². The maximum atomic E-state index is 6.33. The Labute approximate surface area is 318 Å². The van der Waals surface area contributed by atoms with Gasteiger partial charge in [0.1, 0.15) is 11.2 Å². The van der Waals surface area contributed by atoms with E-state index in [-0.39, 0.29) is 0 Å². The minimum absolute atomic E-state index is 0.926. The molecule has 252 valence electrons. The van der Waals surface area contributed by atoms with Crippen LogP contribution in [-0.2, 0) is 0 Å². The van der Waals surface area contributed by atoms with E-state index in [0.29, 0.717) is 0 Å². The van der Waals surface area contributed by atoms with E-state index in [9.17, 15) is 0 Å². The number of para-hydroxylation sites is 1. The van der Waals surface area contributed by atoms with Gasteiger partial charge in [0.05, 0.1) is 10.4 Å². The molecule has 0 spiro atoms. The van der Waals surface area contributed by atoms with Crippen molar-refractivity contribution in [1.82, 2.24) is 0 Å². The molecule has 0 aliphatic heterocycles. The second-order valence-electron chi connectivity index (χ2n) is 14.0. The zero-order valence-corrected chi connectivity index (χ0v) is 30.5. The Balaban J connectivity index is 1.09. The summed E-state index contributed by atoms with van der Waals surface area (Å²) in [5.41, 5.74) is 7.73. The third-order valence-electron chi connectivity index (χ3n) is 11.1. The first-order valence-electron chi connectivity index (χ1n) is 18.2. The van der Waals surface area contributed by atoms with E-state index in [0.717, 1.165) is 27.9 Å². The van der Waals surface area contributed by atoms with Crippen molar-refractivity contribution in [2.75, 3.05) is 4.90 Å². The monoisotopic (exact) mass is 723 g/mol. The maximum Gasteiger partial charge on any atom is 0.136 e. The first-order chi connectivity index (χ1) is 26.8. The molecule has 0 saturated carbocycles. The topological polar surface area (TPSA) is 16.4 Å². The lowest BCUT2D eigenvalue weighted by molar-refractivity contribution is 0.669. The van der Waals surface area contributed by atoms with Crippen molar-refractivity contribution in [2.24, 2.45) is 0 Å². The third kappa shape index (κ3) is 4.38. The summed E-state index contributed by atoms with van der Waals surface area (Å²) in [6.07, 6.45) is 0.